The van der Waals surface area contributed by atoms with Crippen LogP contribution >= 0.6 is 23.1 Å². The molecule has 2 aromatic heterocycles. The molecule has 1 aromatic carbocycles. The van der Waals surface area contributed by atoms with Crippen molar-refractivity contribution in [3.05, 3.63) is 69.9 Å². The van der Waals surface area contributed by atoms with Crippen LogP contribution in [0.1, 0.15) is 16.3 Å². The van der Waals surface area contributed by atoms with E-state index in [9.17, 15) is 9.18 Å². The minimum Gasteiger partial charge on any atom is -0.345 e. The molecule has 2 heterocycles. The van der Waals surface area contributed by atoms with Crippen molar-refractivity contribution >= 4 is 35.1 Å². The highest BCUT2D eigenvalue weighted by Gasteiger charge is 2.10. The van der Waals surface area contributed by atoms with Gasteiger partial charge in [-0.1, -0.05) is 30.0 Å². The van der Waals surface area contributed by atoms with Gasteiger partial charge in [0.1, 0.15) is 5.82 Å². The minimum atomic E-state index is -0.247. The number of carbonyl (C=O) groups excluding carboxylic acids is 1. The molecule has 0 unspecified atom stereocenters. The summed E-state index contributed by atoms with van der Waals surface area (Å²) in [5.74, 6) is 0.914. The third-order valence-electron chi connectivity index (χ3n) is 3.57. The molecule has 0 bridgehead atoms. The number of aromatic nitrogens is 3. The Kier molecular flexibility index (Phi) is 6.19. The normalized spacial score (nSPS) is 11.2. The Bertz CT molecular complexity index is 889. The van der Waals surface area contributed by atoms with E-state index in [-0.39, 0.29) is 11.7 Å². The Hall–Kier alpha value is -2.45. The van der Waals surface area contributed by atoms with Gasteiger partial charge in [-0.05, 0) is 35.2 Å². The van der Waals surface area contributed by atoms with Crippen LogP contribution in [-0.4, -0.2) is 20.7 Å². The molecule has 0 saturated carbocycles. The van der Waals surface area contributed by atoms with Crippen LogP contribution < -0.4 is 5.32 Å². The molecule has 0 atom stereocenters. The van der Waals surface area contributed by atoms with Crippen LogP contribution in [0.5, 0.6) is 0 Å². The average Bonchev–Trinajstić information content (AvgIpc) is 3.28. The predicted molar refractivity (Wildman–Crippen MR) is 102 cm³/mol. The number of nitrogens with one attached hydrogen (secondary N) is 1. The van der Waals surface area contributed by atoms with Gasteiger partial charge >= 0.3 is 0 Å². The van der Waals surface area contributed by atoms with Gasteiger partial charge in [-0.2, -0.15) is 0 Å². The Morgan fingerprint density at radius 1 is 1.31 bits per heavy atom. The van der Waals surface area contributed by atoms with Crippen LogP contribution in [-0.2, 0) is 24.1 Å². The number of halogens is 1. The third-order valence-corrected chi connectivity index (χ3v) is 5.50. The van der Waals surface area contributed by atoms with Crippen LogP contribution in [0, 0.1) is 5.82 Å². The zero-order valence-electron chi connectivity index (χ0n) is 14.1. The van der Waals surface area contributed by atoms with E-state index in [1.54, 1.807) is 29.5 Å². The Balaban J connectivity index is 1.51. The molecule has 1 amide bonds. The summed E-state index contributed by atoms with van der Waals surface area (Å²) in [4.78, 5) is 12.9. The highest BCUT2D eigenvalue weighted by atomic mass is 32.2. The monoisotopic (exact) mass is 388 g/mol. The quantitative estimate of drug-likeness (QED) is 0.496. The lowest BCUT2D eigenvalue weighted by Gasteiger charge is -2.04. The van der Waals surface area contributed by atoms with E-state index in [0.29, 0.717) is 18.1 Å². The van der Waals surface area contributed by atoms with E-state index in [2.05, 4.69) is 15.5 Å². The molecule has 134 valence electrons. The number of hydrogen-bond donors (Lipinski definition) is 1. The SMILES string of the molecule is Cn1c(CNC(=O)C=Cc2cccs2)nnc1SCc1ccc(F)cc1. The lowest BCUT2D eigenvalue weighted by atomic mass is 10.2. The average molecular weight is 388 g/mol. The fourth-order valence-corrected chi connectivity index (χ4v) is 3.63. The molecule has 1 N–H and O–H groups in total. The molecule has 26 heavy (non-hydrogen) atoms. The molecule has 0 aliphatic heterocycles. The van der Waals surface area contributed by atoms with Gasteiger partial charge in [-0.15, -0.1) is 21.5 Å². The van der Waals surface area contributed by atoms with Gasteiger partial charge in [-0.3, -0.25) is 4.79 Å². The first-order valence-corrected chi connectivity index (χ1v) is 9.73. The number of amides is 1. The van der Waals surface area contributed by atoms with Crippen molar-refractivity contribution < 1.29 is 9.18 Å². The number of thiophene rings is 1. The molecular formula is C18H17FN4OS2. The Labute approximate surface area is 159 Å². The van der Waals surface area contributed by atoms with Crippen LogP contribution in [0.4, 0.5) is 4.39 Å². The van der Waals surface area contributed by atoms with Crippen LogP contribution in [0.2, 0.25) is 0 Å². The fraction of sp³-hybridized carbons (Fsp3) is 0.167. The molecule has 0 aliphatic carbocycles. The first-order valence-electron chi connectivity index (χ1n) is 7.87. The lowest BCUT2D eigenvalue weighted by Crippen LogP contribution is -2.22. The zero-order valence-corrected chi connectivity index (χ0v) is 15.7. The number of hydrogen-bond acceptors (Lipinski definition) is 5. The summed E-state index contributed by atoms with van der Waals surface area (Å²) in [5.41, 5.74) is 1.01. The summed E-state index contributed by atoms with van der Waals surface area (Å²) in [5, 5.41) is 13.8. The number of benzene rings is 1. The van der Waals surface area contributed by atoms with Crippen molar-refractivity contribution in [1.29, 1.82) is 0 Å². The van der Waals surface area contributed by atoms with Crippen molar-refractivity contribution in [3.8, 4) is 0 Å². The highest BCUT2D eigenvalue weighted by Crippen LogP contribution is 2.21. The van der Waals surface area contributed by atoms with Crippen molar-refractivity contribution in [1.82, 2.24) is 20.1 Å². The van der Waals surface area contributed by atoms with Gasteiger partial charge in [0.05, 0.1) is 6.54 Å². The number of rotatable bonds is 7. The van der Waals surface area contributed by atoms with Crippen molar-refractivity contribution in [2.45, 2.75) is 17.5 Å². The van der Waals surface area contributed by atoms with E-state index >= 15 is 0 Å². The maximum absolute atomic E-state index is 12.9. The standard InChI is InChI=1S/C18H17FN4OS2/c1-23-16(11-20-17(24)9-8-15-3-2-10-25-15)21-22-18(23)26-12-13-4-6-14(19)7-5-13/h2-10H,11-12H2,1H3,(H,20,24). The lowest BCUT2D eigenvalue weighted by molar-refractivity contribution is -0.116. The van der Waals surface area contributed by atoms with Gasteiger partial charge < -0.3 is 9.88 Å². The van der Waals surface area contributed by atoms with Gasteiger partial charge in [0.25, 0.3) is 0 Å². The number of nitrogens with zero attached hydrogens (tertiary/aromatic N) is 3. The maximum atomic E-state index is 12.9. The van der Waals surface area contributed by atoms with Gasteiger partial charge in [0.15, 0.2) is 11.0 Å². The summed E-state index contributed by atoms with van der Waals surface area (Å²) in [6, 6.07) is 10.3. The predicted octanol–water partition coefficient (Wildman–Crippen LogP) is 3.64. The van der Waals surface area contributed by atoms with Gasteiger partial charge in [-0.25, -0.2) is 4.39 Å². The number of thioether (sulfide) groups is 1. The van der Waals surface area contributed by atoms with Gasteiger partial charge in [0, 0.05) is 23.8 Å². The van der Waals surface area contributed by atoms with E-state index in [0.717, 1.165) is 15.6 Å². The molecule has 0 aliphatic rings. The second-order valence-corrected chi connectivity index (χ2v) is 7.36. The summed E-state index contributed by atoms with van der Waals surface area (Å²) in [6.45, 7) is 0.300. The summed E-state index contributed by atoms with van der Waals surface area (Å²) in [7, 11) is 1.86. The first-order chi connectivity index (χ1) is 12.6. The van der Waals surface area contributed by atoms with Crippen molar-refractivity contribution in [3.63, 3.8) is 0 Å². The largest absolute Gasteiger partial charge is 0.345 e. The van der Waals surface area contributed by atoms with Crippen LogP contribution in [0.25, 0.3) is 6.08 Å². The maximum Gasteiger partial charge on any atom is 0.244 e. The topological polar surface area (TPSA) is 59.8 Å². The summed E-state index contributed by atoms with van der Waals surface area (Å²) < 4.78 is 14.8. The Morgan fingerprint density at radius 2 is 2.12 bits per heavy atom. The summed E-state index contributed by atoms with van der Waals surface area (Å²) >= 11 is 3.08. The van der Waals surface area contributed by atoms with Crippen molar-refractivity contribution in [2.75, 3.05) is 0 Å². The van der Waals surface area contributed by atoms with E-state index in [1.165, 1.54) is 30.0 Å². The fourth-order valence-electron chi connectivity index (χ4n) is 2.12. The van der Waals surface area contributed by atoms with Gasteiger partial charge in [0.2, 0.25) is 5.91 Å². The third kappa shape index (κ3) is 5.03. The smallest absolute Gasteiger partial charge is 0.244 e. The zero-order chi connectivity index (χ0) is 18.4. The highest BCUT2D eigenvalue weighted by molar-refractivity contribution is 7.98. The molecule has 0 radical (unpaired) electrons. The molecule has 3 rings (SSSR count). The minimum absolute atomic E-state index is 0.179. The molecule has 8 heteroatoms. The van der Waals surface area contributed by atoms with Crippen LogP contribution in [0.15, 0.2) is 53.0 Å². The van der Waals surface area contributed by atoms with Crippen LogP contribution in [0.3, 0.4) is 0 Å². The van der Waals surface area contributed by atoms with E-state index in [1.807, 2.05) is 29.1 Å². The number of carbonyl (C=O) groups is 1. The van der Waals surface area contributed by atoms with E-state index < -0.39 is 0 Å². The molecule has 0 fully saturated rings. The first kappa shape index (κ1) is 18.3. The summed E-state index contributed by atoms with van der Waals surface area (Å²) in [6.07, 6.45) is 3.28. The molecular weight excluding hydrogens is 371 g/mol. The van der Waals surface area contributed by atoms with Crippen molar-refractivity contribution in [2.24, 2.45) is 7.05 Å². The van der Waals surface area contributed by atoms with E-state index in [4.69, 9.17) is 0 Å². The Morgan fingerprint density at radius 3 is 2.85 bits per heavy atom. The molecule has 5 nitrogen and oxygen atoms in total. The second-order valence-electron chi connectivity index (χ2n) is 5.44. The second kappa shape index (κ2) is 8.77. The molecule has 3 aromatic rings. The molecule has 0 saturated heterocycles. The molecule has 0 spiro atoms.